The third-order valence-corrected chi connectivity index (χ3v) is 2.66. The zero-order valence-corrected chi connectivity index (χ0v) is 15.0. The van der Waals surface area contributed by atoms with Crippen molar-refractivity contribution in [2.45, 2.75) is 62.3 Å². The van der Waals surface area contributed by atoms with Gasteiger partial charge >= 0.3 is 0 Å². The standard InChI is InChI=1S/C17H38N2/c1-15(2,3)12-18-10-11-19(13-16(4,5)6)14-17(7,8)9/h18H,10-14H2,1-9H3. The van der Waals surface area contributed by atoms with Gasteiger partial charge in [0.15, 0.2) is 0 Å². The largest absolute Gasteiger partial charge is 0.315 e. The van der Waals surface area contributed by atoms with Crippen LogP contribution in [0.2, 0.25) is 0 Å². The van der Waals surface area contributed by atoms with Crippen LogP contribution in [0.15, 0.2) is 0 Å². The Balaban J connectivity index is 4.20. The van der Waals surface area contributed by atoms with Gasteiger partial charge in [0, 0.05) is 32.7 Å². The van der Waals surface area contributed by atoms with Crippen LogP contribution in [0.4, 0.5) is 0 Å². The first kappa shape index (κ1) is 18.9. The number of hydrogen-bond acceptors (Lipinski definition) is 2. The van der Waals surface area contributed by atoms with Gasteiger partial charge in [-0.25, -0.2) is 0 Å². The van der Waals surface area contributed by atoms with Crippen molar-refractivity contribution < 1.29 is 0 Å². The molecule has 1 N–H and O–H groups in total. The Labute approximate surface area is 122 Å². The van der Waals surface area contributed by atoms with Gasteiger partial charge in [0.1, 0.15) is 0 Å². The third kappa shape index (κ3) is 14.1. The van der Waals surface area contributed by atoms with Crippen molar-refractivity contribution in [1.29, 1.82) is 0 Å². The maximum Gasteiger partial charge on any atom is 0.0107 e. The molecule has 0 saturated carbocycles. The summed E-state index contributed by atoms with van der Waals surface area (Å²) < 4.78 is 0. The van der Waals surface area contributed by atoms with Gasteiger partial charge in [0.05, 0.1) is 0 Å². The van der Waals surface area contributed by atoms with E-state index in [4.69, 9.17) is 0 Å². The zero-order valence-electron chi connectivity index (χ0n) is 15.0. The molecule has 19 heavy (non-hydrogen) atoms. The lowest BCUT2D eigenvalue weighted by molar-refractivity contribution is 0.141. The first-order valence-corrected chi connectivity index (χ1v) is 7.72. The van der Waals surface area contributed by atoms with Gasteiger partial charge in [-0.1, -0.05) is 62.3 Å². The molecule has 0 aliphatic heterocycles. The summed E-state index contributed by atoms with van der Waals surface area (Å²) in [7, 11) is 0. The summed E-state index contributed by atoms with van der Waals surface area (Å²) in [5, 5.41) is 3.59. The Bertz CT molecular complexity index is 221. The molecule has 0 bridgehead atoms. The molecule has 0 fully saturated rings. The number of hydrogen-bond donors (Lipinski definition) is 1. The molecule has 0 aromatic heterocycles. The van der Waals surface area contributed by atoms with E-state index in [-0.39, 0.29) is 0 Å². The molecular weight excluding hydrogens is 232 g/mol. The second-order valence-corrected chi connectivity index (χ2v) is 9.57. The predicted molar refractivity (Wildman–Crippen MR) is 87.7 cm³/mol. The lowest BCUT2D eigenvalue weighted by atomic mass is 9.92. The van der Waals surface area contributed by atoms with E-state index in [9.17, 15) is 0 Å². The Kier molecular flexibility index (Phi) is 7.05. The molecule has 0 unspecified atom stereocenters. The van der Waals surface area contributed by atoms with Crippen LogP contribution >= 0.6 is 0 Å². The highest BCUT2D eigenvalue weighted by Crippen LogP contribution is 2.20. The maximum absolute atomic E-state index is 3.59. The lowest BCUT2D eigenvalue weighted by Crippen LogP contribution is -2.42. The highest BCUT2D eigenvalue weighted by molar-refractivity contribution is 4.75. The van der Waals surface area contributed by atoms with Crippen molar-refractivity contribution in [3.05, 3.63) is 0 Å². The molecule has 0 saturated heterocycles. The molecular formula is C17H38N2. The highest BCUT2D eigenvalue weighted by Gasteiger charge is 2.21. The molecule has 0 aromatic rings. The molecule has 116 valence electrons. The Hall–Kier alpha value is -0.0800. The second-order valence-electron chi connectivity index (χ2n) is 9.57. The van der Waals surface area contributed by atoms with Crippen molar-refractivity contribution in [2.24, 2.45) is 16.2 Å². The van der Waals surface area contributed by atoms with Gasteiger partial charge in [0.25, 0.3) is 0 Å². The molecule has 0 aliphatic rings. The number of nitrogens with one attached hydrogen (secondary N) is 1. The van der Waals surface area contributed by atoms with Crippen LogP contribution in [0.3, 0.4) is 0 Å². The fourth-order valence-electron chi connectivity index (χ4n) is 2.26. The van der Waals surface area contributed by atoms with Gasteiger partial charge in [-0.2, -0.15) is 0 Å². The van der Waals surface area contributed by atoms with Crippen LogP contribution in [-0.4, -0.2) is 37.6 Å². The smallest absolute Gasteiger partial charge is 0.0107 e. The maximum atomic E-state index is 3.59. The van der Waals surface area contributed by atoms with E-state index in [0.717, 1.165) is 19.6 Å². The van der Waals surface area contributed by atoms with Gasteiger partial charge in [-0.05, 0) is 16.2 Å². The monoisotopic (exact) mass is 270 g/mol. The lowest BCUT2D eigenvalue weighted by Gasteiger charge is -2.35. The SMILES string of the molecule is CC(C)(C)CNCCN(CC(C)(C)C)CC(C)(C)C. The molecule has 0 heterocycles. The molecule has 2 heteroatoms. The Morgan fingerprint density at radius 2 is 1.11 bits per heavy atom. The van der Waals surface area contributed by atoms with E-state index in [1.54, 1.807) is 0 Å². The molecule has 0 aromatic carbocycles. The fraction of sp³-hybridized carbons (Fsp3) is 1.00. The van der Waals surface area contributed by atoms with Crippen molar-refractivity contribution >= 4 is 0 Å². The van der Waals surface area contributed by atoms with Crippen molar-refractivity contribution in [1.82, 2.24) is 10.2 Å². The third-order valence-electron chi connectivity index (χ3n) is 2.66. The molecule has 0 rings (SSSR count). The van der Waals surface area contributed by atoms with Crippen molar-refractivity contribution in [3.8, 4) is 0 Å². The molecule has 0 amide bonds. The topological polar surface area (TPSA) is 15.3 Å². The van der Waals surface area contributed by atoms with Crippen molar-refractivity contribution in [3.63, 3.8) is 0 Å². The Morgan fingerprint density at radius 3 is 1.42 bits per heavy atom. The molecule has 2 nitrogen and oxygen atoms in total. The minimum Gasteiger partial charge on any atom is -0.315 e. The normalized spacial score (nSPS) is 14.2. The molecule has 0 aliphatic carbocycles. The fourth-order valence-corrected chi connectivity index (χ4v) is 2.26. The minimum absolute atomic E-state index is 0.370. The molecule has 0 atom stereocenters. The number of nitrogens with zero attached hydrogens (tertiary/aromatic N) is 1. The summed E-state index contributed by atoms with van der Waals surface area (Å²) in [5.41, 5.74) is 1.11. The summed E-state index contributed by atoms with van der Waals surface area (Å²) in [6.45, 7) is 26.4. The quantitative estimate of drug-likeness (QED) is 0.734. The van der Waals surface area contributed by atoms with E-state index in [1.165, 1.54) is 13.1 Å². The van der Waals surface area contributed by atoms with Crippen LogP contribution in [0.1, 0.15) is 62.3 Å². The summed E-state index contributed by atoms with van der Waals surface area (Å²) in [4.78, 5) is 2.61. The van der Waals surface area contributed by atoms with Crippen LogP contribution < -0.4 is 5.32 Å². The van der Waals surface area contributed by atoms with E-state index in [1.807, 2.05) is 0 Å². The summed E-state index contributed by atoms with van der Waals surface area (Å²) in [5.74, 6) is 0. The minimum atomic E-state index is 0.370. The molecule has 0 radical (unpaired) electrons. The van der Waals surface area contributed by atoms with Gasteiger partial charge < -0.3 is 10.2 Å². The predicted octanol–water partition coefficient (Wildman–Crippen LogP) is 4.02. The zero-order chi connectivity index (χ0) is 15.3. The summed E-state index contributed by atoms with van der Waals surface area (Å²) >= 11 is 0. The van der Waals surface area contributed by atoms with Crippen LogP contribution in [0, 0.1) is 16.2 Å². The second kappa shape index (κ2) is 7.08. The first-order chi connectivity index (χ1) is 8.29. The van der Waals surface area contributed by atoms with Gasteiger partial charge in [-0.15, -0.1) is 0 Å². The van der Waals surface area contributed by atoms with E-state index in [0.29, 0.717) is 16.2 Å². The molecule has 0 spiro atoms. The average Bonchev–Trinajstić information content (AvgIpc) is 2.05. The van der Waals surface area contributed by atoms with Gasteiger partial charge in [0.2, 0.25) is 0 Å². The first-order valence-electron chi connectivity index (χ1n) is 7.72. The van der Waals surface area contributed by atoms with Crippen molar-refractivity contribution in [2.75, 3.05) is 32.7 Å². The summed E-state index contributed by atoms with van der Waals surface area (Å²) in [6, 6.07) is 0. The van der Waals surface area contributed by atoms with E-state index in [2.05, 4.69) is 72.5 Å². The van der Waals surface area contributed by atoms with Crippen LogP contribution in [0.5, 0.6) is 0 Å². The number of rotatable bonds is 6. The van der Waals surface area contributed by atoms with Gasteiger partial charge in [-0.3, -0.25) is 0 Å². The highest BCUT2D eigenvalue weighted by atomic mass is 15.1. The average molecular weight is 271 g/mol. The van der Waals surface area contributed by atoms with E-state index >= 15 is 0 Å². The summed E-state index contributed by atoms with van der Waals surface area (Å²) in [6.07, 6.45) is 0. The van der Waals surface area contributed by atoms with Crippen LogP contribution in [0.25, 0.3) is 0 Å². The Morgan fingerprint density at radius 1 is 0.684 bits per heavy atom. The van der Waals surface area contributed by atoms with Crippen LogP contribution in [-0.2, 0) is 0 Å². The van der Waals surface area contributed by atoms with E-state index < -0.39 is 0 Å².